The number of alkyl halides is 1. The van der Waals surface area contributed by atoms with Crippen molar-refractivity contribution >= 4 is 21.5 Å². The average Bonchev–Trinajstić information content (AvgIpc) is 2.33. The van der Waals surface area contributed by atoms with Crippen LogP contribution in [0.5, 0.6) is 0 Å². The molecule has 0 unspecified atom stereocenters. The summed E-state index contributed by atoms with van der Waals surface area (Å²) in [5.74, 6) is 0.101. The largest absolute Gasteiger partial charge is 0.374 e. The van der Waals surface area contributed by atoms with Crippen LogP contribution in [-0.2, 0) is 4.51 Å². The number of rotatable bonds is 3. The molecule has 0 saturated carbocycles. The molecule has 17 heavy (non-hydrogen) atoms. The summed E-state index contributed by atoms with van der Waals surface area (Å²) >= 11 is 3.46. The van der Waals surface area contributed by atoms with Gasteiger partial charge in [0, 0.05) is 11.5 Å². The molecule has 1 aliphatic rings. The second-order valence-corrected chi connectivity index (χ2v) is 6.01. The summed E-state index contributed by atoms with van der Waals surface area (Å²) in [5.41, 5.74) is 3.57. The molecule has 2 heteroatoms. The van der Waals surface area contributed by atoms with Crippen LogP contribution in [0.1, 0.15) is 44.2 Å². The standard InChI is InChI=1S/C15H19BrO/c1-3-4-7-12-10-11(2)15(16,17)14-9-6-5-8-13(12)14/h5-6,8-11,17H,3-4,7H2,1-2H3/t11-,15-/m0/s1. The Bertz CT molecular complexity index is 434. The first-order valence-electron chi connectivity index (χ1n) is 6.29. The van der Waals surface area contributed by atoms with Crippen molar-refractivity contribution in [3.63, 3.8) is 0 Å². The van der Waals surface area contributed by atoms with Crippen LogP contribution in [0.2, 0.25) is 0 Å². The van der Waals surface area contributed by atoms with E-state index in [0.717, 1.165) is 12.0 Å². The summed E-state index contributed by atoms with van der Waals surface area (Å²) in [7, 11) is 0. The second kappa shape index (κ2) is 4.95. The molecule has 2 atom stereocenters. The van der Waals surface area contributed by atoms with E-state index >= 15 is 0 Å². The van der Waals surface area contributed by atoms with Crippen LogP contribution in [0.4, 0.5) is 0 Å². The third-order valence-electron chi connectivity index (χ3n) is 3.51. The van der Waals surface area contributed by atoms with Crippen LogP contribution in [-0.4, -0.2) is 5.11 Å². The van der Waals surface area contributed by atoms with Crippen LogP contribution in [0.25, 0.3) is 5.57 Å². The minimum Gasteiger partial charge on any atom is -0.374 e. The van der Waals surface area contributed by atoms with Crippen molar-refractivity contribution in [1.82, 2.24) is 0 Å². The molecule has 0 fully saturated rings. The summed E-state index contributed by atoms with van der Waals surface area (Å²) in [6, 6.07) is 8.15. The molecule has 1 aromatic carbocycles. The predicted molar refractivity (Wildman–Crippen MR) is 75.9 cm³/mol. The van der Waals surface area contributed by atoms with Gasteiger partial charge in [0.15, 0.2) is 4.51 Å². The SMILES string of the molecule is CCCCC1=C[C@H](C)[C@@](O)(Br)c2ccccc21. The molecule has 1 nitrogen and oxygen atoms in total. The molecule has 0 amide bonds. The van der Waals surface area contributed by atoms with Gasteiger partial charge in [-0.2, -0.15) is 0 Å². The summed E-state index contributed by atoms with van der Waals surface area (Å²) in [6.45, 7) is 4.26. The topological polar surface area (TPSA) is 20.2 Å². The van der Waals surface area contributed by atoms with E-state index in [-0.39, 0.29) is 5.92 Å². The number of benzene rings is 1. The first kappa shape index (κ1) is 12.8. The maximum Gasteiger partial charge on any atom is 0.151 e. The van der Waals surface area contributed by atoms with E-state index in [2.05, 4.69) is 41.9 Å². The van der Waals surface area contributed by atoms with E-state index in [1.807, 2.05) is 18.2 Å². The smallest absolute Gasteiger partial charge is 0.151 e. The minimum absolute atomic E-state index is 0.101. The second-order valence-electron chi connectivity index (χ2n) is 4.80. The van der Waals surface area contributed by atoms with Crippen LogP contribution in [0.3, 0.4) is 0 Å². The predicted octanol–water partition coefficient (Wildman–Crippen LogP) is 4.45. The summed E-state index contributed by atoms with van der Waals surface area (Å²) in [6.07, 6.45) is 5.70. The van der Waals surface area contributed by atoms with Crippen LogP contribution < -0.4 is 0 Å². The summed E-state index contributed by atoms with van der Waals surface area (Å²) < 4.78 is -0.917. The third kappa shape index (κ3) is 2.34. The van der Waals surface area contributed by atoms with E-state index in [1.165, 1.54) is 24.0 Å². The van der Waals surface area contributed by atoms with Gasteiger partial charge in [0.2, 0.25) is 0 Å². The van der Waals surface area contributed by atoms with Crippen molar-refractivity contribution in [3.05, 3.63) is 41.5 Å². The van der Waals surface area contributed by atoms with Crippen LogP contribution in [0, 0.1) is 5.92 Å². The Morgan fingerprint density at radius 1 is 1.35 bits per heavy atom. The first-order chi connectivity index (χ1) is 8.07. The van der Waals surface area contributed by atoms with Crippen LogP contribution >= 0.6 is 15.9 Å². The molecular formula is C15H19BrO. The Morgan fingerprint density at radius 3 is 2.76 bits per heavy atom. The molecule has 0 heterocycles. The van der Waals surface area contributed by atoms with Gasteiger partial charge < -0.3 is 5.11 Å². The Balaban J connectivity index is 2.44. The highest BCUT2D eigenvalue weighted by Crippen LogP contribution is 2.46. The fourth-order valence-corrected chi connectivity index (χ4v) is 2.88. The monoisotopic (exact) mass is 294 g/mol. The Labute approximate surface area is 112 Å². The van der Waals surface area contributed by atoms with E-state index < -0.39 is 4.51 Å². The molecule has 2 rings (SSSR count). The molecule has 0 radical (unpaired) electrons. The fourth-order valence-electron chi connectivity index (χ4n) is 2.40. The van der Waals surface area contributed by atoms with Gasteiger partial charge in [-0.05, 0) is 39.9 Å². The van der Waals surface area contributed by atoms with Gasteiger partial charge in [-0.1, -0.05) is 50.6 Å². The number of hydrogen-bond acceptors (Lipinski definition) is 1. The van der Waals surface area contributed by atoms with Crippen molar-refractivity contribution < 1.29 is 5.11 Å². The van der Waals surface area contributed by atoms with Crippen molar-refractivity contribution in [2.24, 2.45) is 5.92 Å². The van der Waals surface area contributed by atoms with Crippen LogP contribution in [0.15, 0.2) is 30.3 Å². The maximum atomic E-state index is 10.5. The molecule has 1 N–H and O–H groups in total. The molecule has 0 spiro atoms. The zero-order chi connectivity index (χ0) is 12.5. The molecule has 1 aromatic rings. The summed E-state index contributed by atoms with van der Waals surface area (Å²) in [5, 5.41) is 10.5. The number of hydrogen-bond donors (Lipinski definition) is 1. The Kier molecular flexibility index (Phi) is 3.74. The van der Waals surface area contributed by atoms with Gasteiger partial charge in [0.1, 0.15) is 0 Å². The number of unbranched alkanes of at least 4 members (excludes halogenated alkanes) is 1. The fraction of sp³-hybridized carbons (Fsp3) is 0.467. The zero-order valence-corrected chi connectivity index (χ0v) is 12.0. The quantitative estimate of drug-likeness (QED) is 0.817. The molecule has 0 aromatic heterocycles. The van der Waals surface area contributed by atoms with E-state index in [0.29, 0.717) is 0 Å². The summed E-state index contributed by atoms with van der Waals surface area (Å²) in [4.78, 5) is 0. The lowest BCUT2D eigenvalue weighted by molar-refractivity contribution is 0.105. The molecule has 92 valence electrons. The van der Waals surface area contributed by atoms with E-state index in [1.54, 1.807) is 0 Å². The highest BCUT2D eigenvalue weighted by Gasteiger charge is 2.37. The van der Waals surface area contributed by atoms with Crippen molar-refractivity contribution in [2.75, 3.05) is 0 Å². The van der Waals surface area contributed by atoms with Gasteiger partial charge in [-0.15, -0.1) is 0 Å². The lowest BCUT2D eigenvalue weighted by Gasteiger charge is -2.34. The minimum atomic E-state index is -0.917. The molecule has 0 saturated heterocycles. The Morgan fingerprint density at radius 2 is 2.06 bits per heavy atom. The van der Waals surface area contributed by atoms with Crippen molar-refractivity contribution in [1.29, 1.82) is 0 Å². The number of halogens is 1. The van der Waals surface area contributed by atoms with Gasteiger partial charge in [0.05, 0.1) is 0 Å². The van der Waals surface area contributed by atoms with Gasteiger partial charge >= 0.3 is 0 Å². The van der Waals surface area contributed by atoms with Gasteiger partial charge in [0.25, 0.3) is 0 Å². The van der Waals surface area contributed by atoms with Gasteiger partial charge in [-0.25, -0.2) is 0 Å². The highest BCUT2D eigenvalue weighted by atomic mass is 79.9. The third-order valence-corrected chi connectivity index (χ3v) is 4.65. The lowest BCUT2D eigenvalue weighted by Crippen LogP contribution is -2.29. The molecule has 0 bridgehead atoms. The maximum absolute atomic E-state index is 10.5. The number of fused-ring (bicyclic) bond motifs is 1. The average molecular weight is 295 g/mol. The lowest BCUT2D eigenvalue weighted by atomic mass is 9.81. The highest BCUT2D eigenvalue weighted by molar-refractivity contribution is 9.09. The Hall–Kier alpha value is -0.600. The van der Waals surface area contributed by atoms with E-state index in [4.69, 9.17) is 0 Å². The number of allylic oxidation sites excluding steroid dienone is 1. The molecule has 1 aliphatic carbocycles. The molecule has 0 aliphatic heterocycles. The first-order valence-corrected chi connectivity index (χ1v) is 7.08. The molecular weight excluding hydrogens is 276 g/mol. The number of aliphatic hydroxyl groups is 1. The van der Waals surface area contributed by atoms with E-state index in [9.17, 15) is 5.11 Å². The zero-order valence-electron chi connectivity index (χ0n) is 10.4. The van der Waals surface area contributed by atoms with Crippen molar-refractivity contribution in [3.8, 4) is 0 Å². The van der Waals surface area contributed by atoms with Crippen molar-refractivity contribution in [2.45, 2.75) is 37.6 Å². The van der Waals surface area contributed by atoms with Gasteiger partial charge in [-0.3, -0.25) is 0 Å². The normalized spacial score (nSPS) is 27.5.